The van der Waals surface area contributed by atoms with Crippen LogP contribution in [0, 0.1) is 11.7 Å². The lowest BCUT2D eigenvalue weighted by molar-refractivity contribution is 0.382. The second-order valence-corrected chi connectivity index (χ2v) is 4.59. The average Bonchev–Trinajstić information content (AvgIpc) is 2.28. The number of rotatable bonds is 5. The predicted octanol–water partition coefficient (Wildman–Crippen LogP) is 3.66. The first-order valence-corrected chi connectivity index (χ1v) is 6.08. The van der Waals surface area contributed by atoms with Crippen LogP contribution in [0.3, 0.4) is 0 Å². The highest BCUT2D eigenvalue weighted by atomic mass is 35.5. The van der Waals surface area contributed by atoms with Gasteiger partial charge in [0.25, 0.3) is 0 Å². The van der Waals surface area contributed by atoms with Crippen LogP contribution in [0.25, 0.3) is 0 Å². The number of hydrogen-bond acceptors (Lipinski definition) is 1. The van der Waals surface area contributed by atoms with Crippen molar-refractivity contribution in [3.05, 3.63) is 34.6 Å². The van der Waals surface area contributed by atoms with Gasteiger partial charge in [0.2, 0.25) is 0 Å². The molecule has 0 saturated carbocycles. The van der Waals surface area contributed by atoms with Crippen molar-refractivity contribution in [3.63, 3.8) is 0 Å². The molecular weight excluding hydrogens is 225 g/mol. The van der Waals surface area contributed by atoms with Crippen LogP contribution < -0.4 is 5.32 Å². The van der Waals surface area contributed by atoms with Gasteiger partial charge in [0.05, 0.1) is 0 Å². The fourth-order valence-corrected chi connectivity index (χ4v) is 2.06. The van der Waals surface area contributed by atoms with E-state index in [1.807, 2.05) is 7.05 Å². The largest absolute Gasteiger partial charge is 0.316 e. The van der Waals surface area contributed by atoms with Crippen LogP contribution in [0.5, 0.6) is 0 Å². The van der Waals surface area contributed by atoms with Crippen molar-refractivity contribution in [1.29, 1.82) is 0 Å². The number of halogens is 2. The Kier molecular flexibility index (Phi) is 5.23. The molecule has 0 aliphatic rings. The van der Waals surface area contributed by atoms with E-state index in [-0.39, 0.29) is 11.9 Å². The highest BCUT2D eigenvalue weighted by Crippen LogP contribution is 2.22. The quantitative estimate of drug-likeness (QED) is 0.832. The molecule has 1 nitrogen and oxygen atoms in total. The number of benzene rings is 1. The van der Waals surface area contributed by atoms with E-state index in [1.165, 1.54) is 6.07 Å². The maximum absolute atomic E-state index is 13.6. The molecule has 0 aliphatic heterocycles. The second kappa shape index (κ2) is 6.21. The Balaban J connectivity index is 2.85. The van der Waals surface area contributed by atoms with E-state index in [2.05, 4.69) is 19.2 Å². The molecule has 2 unspecified atom stereocenters. The standard InChI is InChI=1S/C13H19ClFN/c1-4-9(2)13(16-3)8-10-11(14)6-5-7-12(10)15/h5-7,9,13,16H,4,8H2,1-3H3. The smallest absolute Gasteiger partial charge is 0.127 e. The van der Waals surface area contributed by atoms with Gasteiger partial charge in [0, 0.05) is 16.6 Å². The van der Waals surface area contributed by atoms with Gasteiger partial charge in [0.1, 0.15) is 5.82 Å². The molecule has 1 N–H and O–H groups in total. The predicted molar refractivity (Wildman–Crippen MR) is 67.4 cm³/mol. The van der Waals surface area contributed by atoms with E-state index >= 15 is 0 Å². The van der Waals surface area contributed by atoms with Gasteiger partial charge < -0.3 is 5.32 Å². The van der Waals surface area contributed by atoms with Crippen molar-refractivity contribution in [2.24, 2.45) is 5.92 Å². The second-order valence-electron chi connectivity index (χ2n) is 4.19. The summed E-state index contributed by atoms with van der Waals surface area (Å²) in [7, 11) is 1.91. The first-order chi connectivity index (χ1) is 7.60. The van der Waals surface area contributed by atoms with E-state index < -0.39 is 0 Å². The molecule has 0 spiro atoms. The third-order valence-electron chi connectivity index (χ3n) is 3.19. The molecule has 1 rings (SSSR count). The average molecular weight is 244 g/mol. The maximum Gasteiger partial charge on any atom is 0.127 e. The van der Waals surface area contributed by atoms with Crippen LogP contribution in [0.2, 0.25) is 5.02 Å². The topological polar surface area (TPSA) is 12.0 Å². The minimum Gasteiger partial charge on any atom is -0.316 e. The number of likely N-dealkylation sites (N-methyl/N-ethyl adjacent to an activating group) is 1. The highest BCUT2D eigenvalue weighted by Gasteiger charge is 2.17. The third-order valence-corrected chi connectivity index (χ3v) is 3.54. The molecule has 3 heteroatoms. The van der Waals surface area contributed by atoms with Gasteiger partial charge in [-0.15, -0.1) is 0 Å². The van der Waals surface area contributed by atoms with Crippen LogP contribution in [-0.2, 0) is 6.42 Å². The molecule has 0 bridgehead atoms. The molecule has 0 heterocycles. The molecule has 16 heavy (non-hydrogen) atoms. The van der Waals surface area contributed by atoms with Gasteiger partial charge in [-0.25, -0.2) is 4.39 Å². The van der Waals surface area contributed by atoms with Crippen molar-refractivity contribution < 1.29 is 4.39 Å². The van der Waals surface area contributed by atoms with Crippen molar-refractivity contribution in [3.8, 4) is 0 Å². The summed E-state index contributed by atoms with van der Waals surface area (Å²) in [4.78, 5) is 0. The minimum absolute atomic E-state index is 0.212. The fourth-order valence-electron chi connectivity index (χ4n) is 1.82. The van der Waals surface area contributed by atoms with E-state index in [0.29, 0.717) is 22.9 Å². The van der Waals surface area contributed by atoms with Crippen molar-refractivity contribution in [1.82, 2.24) is 5.32 Å². The lowest BCUT2D eigenvalue weighted by atomic mass is 9.93. The van der Waals surface area contributed by atoms with Gasteiger partial charge in [-0.05, 0) is 31.5 Å². The Morgan fingerprint density at radius 3 is 2.62 bits per heavy atom. The lowest BCUT2D eigenvalue weighted by Gasteiger charge is -2.23. The van der Waals surface area contributed by atoms with Gasteiger partial charge in [-0.2, -0.15) is 0 Å². The molecule has 0 aliphatic carbocycles. The molecule has 2 atom stereocenters. The summed E-state index contributed by atoms with van der Waals surface area (Å²) in [5.41, 5.74) is 0.615. The van der Waals surface area contributed by atoms with Crippen LogP contribution in [0.15, 0.2) is 18.2 Å². The van der Waals surface area contributed by atoms with Crippen LogP contribution in [0.1, 0.15) is 25.8 Å². The fraction of sp³-hybridized carbons (Fsp3) is 0.538. The van der Waals surface area contributed by atoms with E-state index in [0.717, 1.165) is 6.42 Å². The van der Waals surface area contributed by atoms with Crippen LogP contribution in [0.4, 0.5) is 4.39 Å². The summed E-state index contributed by atoms with van der Waals surface area (Å²) >= 11 is 6.01. The zero-order valence-corrected chi connectivity index (χ0v) is 10.8. The lowest BCUT2D eigenvalue weighted by Crippen LogP contribution is -2.34. The Morgan fingerprint density at radius 1 is 1.44 bits per heavy atom. The molecular formula is C13H19ClFN. The summed E-state index contributed by atoms with van der Waals surface area (Å²) < 4.78 is 13.6. The Hall–Kier alpha value is -0.600. The Bertz CT molecular complexity index is 320. The minimum atomic E-state index is -0.212. The molecule has 1 aromatic rings. The van der Waals surface area contributed by atoms with Gasteiger partial charge in [0.15, 0.2) is 0 Å². The molecule has 90 valence electrons. The van der Waals surface area contributed by atoms with Gasteiger partial charge in [-0.1, -0.05) is 37.9 Å². The molecule has 0 aromatic heterocycles. The molecule has 0 saturated heterocycles. The van der Waals surface area contributed by atoms with Crippen molar-refractivity contribution in [2.45, 2.75) is 32.7 Å². The molecule has 0 radical (unpaired) electrons. The number of hydrogen-bond donors (Lipinski definition) is 1. The zero-order chi connectivity index (χ0) is 12.1. The SMILES string of the molecule is CCC(C)C(Cc1c(F)cccc1Cl)NC. The van der Waals surface area contributed by atoms with Gasteiger partial charge in [-0.3, -0.25) is 0 Å². The van der Waals surface area contributed by atoms with E-state index in [1.54, 1.807) is 12.1 Å². The zero-order valence-electron chi connectivity index (χ0n) is 10.1. The van der Waals surface area contributed by atoms with Crippen molar-refractivity contribution in [2.75, 3.05) is 7.05 Å². The number of nitrogens with one attached hydrogen (secondary N) is 1. The summed E-state index contributed by atoms with van der Waals surface area (Å²) in [5.74, 6) is 0.289. The van der Waals surface area contributed by atoms with Gasteiger partial charge >= 0.3 is 0 Å². The molecule has 0 amide bonds. The molecule has 1 aromatic carbocycles. The van der Waals surface area contributed by atoms with Crippen LogP contribution in [-0.4, -0.2) is 13.1 Å². The Labute approximate surface area is 102 Å². The van der Waals surface area contributed by atoms with Crippen molar-refractivity contribution >= 4 is 11.6 Å². The van der Waals surface area contributed by atoms with Crippen LogP contribution >= 0.6 is 11.6 Å². The van der Waals surface area contributed by atoms with E-state index in [9.17, 15) is 4.39 Å². The monoisotopic (exact) mass is 243 g/mol. The molecule has 0 fully saturated rings. The highest BCUT2D eigenvalue weighted by molar-refractivity contribution is 6.31. The summed E-state index contributed by atoms with van der Waals surface area (Å²) in [6.45, 7) is 4.30. The normalized spacial score (nSPS) is 14.8. The first kappa shape index (κ1) is 13.5. The summed E-state index contributed by atoms with van der Waals surface area (Å²) in [6, 6.07) is 5.10. The summed E-state index contributed by atoms with van der Waals surface area (Å²) in [6.07, 6.45) is 1.70. The third kappa shape index (κ3) is 3.19. The van der Waals surface area contributed by atoms with E-state index in [4.69, 9.17) is 11.6 Å². The summed E-state index contributed by atoms with van der Waals surface area (Å²) in [5, 5.41) is 3.75. The maximum atomic E-state index is 13.6. The Morgan fingerprint density at radius 2 is 2.12 bits per heavy atom. The first-order valence-electron chi connectivity index (χ1n) is 5.70.